The first-order chi connectivity index (χ1) is 14.5. The molecule has 6 heteroatoms. The fourth-order valence-electron chi connectivity index (χ4n) is 3.97. The van der Waals surface area contributed by atoms with Gasteiger partial charge >= 0.3 is 0 Å². The van der Waals surface area contributed by atoms with Gasteiger partial charge in [-0.2, -0.15) is 0 Å². The first kappa shape index (κ1) is 22.3. The number of hydrogen-bond acceptors (Lipinski definition) is 3. The lowest BCUT2D eigenvalue weighted by Gasteiger charge is -2.31. The number of amides is 2. The van der Waals surface area contributed by atoms with Gasteiger partial charge in [0.25, 0.3) is 0 Å². The smallest absolute Gasteiger partial charge is 0.238 e. The lowest BCUT2D eigenvalue weighted by atomic mass is 9.95. The number of nitrogens with one attached hydrogen (secondary N) is 2. The Balaban J connectivity index is 1.52. The molecule has 0 aromatic heterocycles. The van der Waals surface area contributed by atoms with Gasteiger partial charge in [0.1, 0.15) is 0 Å². The van der Waals surface area contributed by atoms with Crippen molar-refractivity contribution in [3.05, 3.63) is 58.6 Å². The number of para-hydroxylation sites is 1. The van der Waals surface area contributed by atoms with Crippen molar-refractivity contribution in [2.24, 2.45) is 5.92 Å². The number of carbonyl (C=O) groups excluding carboxylic acids is 2. The summed E-state index contributed by atoms with van der Waals surface area (Å²) in [5.74, 6) is 0.00842. The van der Waals surface area contributed by atoms with Crippen LogP contribution in [0.4, 0.5) is 11.4 Å². The quantitative estimate of drug-likeness (QED) is 0.670. The van der Waals surface area contributed by atoms with Crippen molar-refractivity contribution in [3.8, 4) is 0 Å². The van der Waals surface area contributed by atoms with Crippen molar-refractivity contribution in [3.63, 3.8) is 0 Å². The average Bonchev–Trinajstić information content (AvgIpc) is 2.75. The van der Waals surface area contributed by atoms with Crippen LogP contribution in [0.5, 0.6) is 0 Å². The van der Waals surface area contributed by atoms with Gasteiger partial charge in [0, 0.05) is 22.3 Å². The molecule has 0 saturated carbocycles. The number of benzene rings is 2. The maximum Gasteiger partial charge on any atom is 0.238 e. The molecule has 1 saturated heterocycles. The number of halogens is 1. The Morgan fingerprint density at radius 1 is 1.00 bits per heavy atom. The van der Waals surface area contributed by atoms with Crippen molar-refractivity contribution in [1.29, 1.82) is 0 Å². The second-order valence-electron chi connectivity index (χ2n) is 7.72. The first-order valence-corrected chi connectivity index (χ1v) is 11.1. The van der Waals surface area contributed by atoms with E-state index in [9.17, 15) is 9.59 Å². The minimum Gasteiger partial charge on any atom is -0.326 e. The second-order valence-corrected chi connectivity index (χ2v) is 8.13. The first-order valence-electron chi connectivity index (χ1n) is 10.7. The fraction of sp³-hybridized carbons (Fsp3) is 0.417. The third-order valence-electron chi connectivity index (χ3n) is 5.71. The molecular formula is C24H30ClN3O2. The summed E-state index contributed by atoms with van der Waals surface area (Å²) in [6, 6.07) is 13.4. The van der Waals surface area contributed by atoms with E-state index in [2.05, 4.69) is 22.5 Å². The predicted octanol–water partition coefficient (Wildman–Crippen LogP) is 4.75. The van der Waals surface area contributed by atoms with Crippen LogP contribution < -0.4 is 10.6 Å². The molecule has 1 aliphatic rings. The lowest BCUT2D eigenvalue weighted by molar-refractivity contribution is -0.121. The summed E-state index contributed by atoms with van der Waals surface area (Å²) in [6.07, 6.45) is 3.11. The topological polar surface area (TPSA) is 61.4 Å². The molecule has 160 valence electrons. The normalized spacial score (nSPS) is 15.0. The van der Waals surface area contributed by atoms with Gasteiger partial charge in [-0.25, -0.2) is 0 Å². The fourth-order valence-corrected chi connectivity index (χ4v) is 4.26. The van der Waals surface area contributed by atoms with E-state index in [1.807, 2.05) is 49.4 Å². The number of anilines is 2. The van der Waals surface area contributed by atoms with Crippen molar-refractivity contribution in [1.82, 2.24) is 4.90 Å². The number of piperidine rings is 1. The standard InChI is InChI=1S/C24H30ClN3O2/c1-3-17-10-11-21(25)20(4-2)23(17)27-22(29)16-28-14-12-18(13-15-28)24(30)26-19-8-6-5-7-9-19/h5-11,18H,3-4,12-16H2,1-2H3,(H,26,30)(H,27,29). The Morgan fingerprint density at radius 3 is 2.33 bits per heavy atom. The summed E-state index contributed by atoms with van der Waals surface area (Å²) < 4.78 is 0. The van der Waals surface area contributed by atoms with Gasteiger partial charge in [-0.15, -0.1) is 0 Å². The number of carbonyl (C=O) groups is 2. The van der Waals surface area contributed by atoms with Crippen LogP contribution >= 0.6 is 11.6 Å². The zero-order valence-corrected chi connectivity index (χ0v) is 18.5. The summed E-state index contributed by atoms with van der Waals surface area (Å²) in [6.45, 7) is 5.91. The summed E-state index contributed by atoms with van der Waals surface area (Å²) in [4.78, 5) is 27.3. The number of aryl methyl sites for hydroxylation is 1. The molecule has 2 N–H and O–H groups in total. The Morgan fingerprint density at radius 2 is 1.70 bits per heavy atom. The number of nitrogens with zero attached hydrogens (tertiary/aromatic N) is 1. The van der Waals surface area contributed by atoms with Crippen LogP contribution in [-0.4, -0.2) is 36.3 Å². The molecular weight excluding hydrogens is 398 g/mol. The monoisotopic (exact) mass is 427 g/mol. The summed E-state index contributed by atoms with van der Waals surface area (Å²) in [5.41, 5.74) is 3.76. The van der Waals surface area contributed by atoms with E-state index in [0.29, 0.717) is 11.6 Å². The number of likely N-dealkylation sites (tertiary alicyclic amines) is 1. The van der Waals surface area contributed by atoms with Gasteiger partial charge in [-0.1, -0.05) is 49.7 Å². The summed E-state index contributed by atoms with van der Waals surface area (Å²) >= 11 is 6.34. The molecule has 0 spiro atoms. The van der Waals surface area contributed by atoms with Crippen molar-refractivity contribution < 1.29 is 9.59 Å². The second kappa shape index (κ2) is 10.6. The van der Waals surface area contributed by atoms with Crippen LogP contribution in [0.2, 0.25) is 5.02 Å². The number of rotatable bonds is 7. The largest absolute Gasteiger partial charge is 0.326 e. The third-order valence-corrected chi connectivity index (χ3v) is 6.06. The molecule has 2 aromatic rings. The molecule has 1 heterocycles. The van der Waals surface area contributed by atoms with Crippen LogP contribution in [-0.2, 0) is 22.4 Å². The van der Waals surface area contributed by atoms with Gasteiger partial charge in [0.15, 0.2) is 0 Å². The highest BCUT2D eigenvalue weighted by Crippen LogP contribution is 2.29. The minimum atomic E-state index is -0.0335. The molecule has 5 nitrogen and oxygen atoms in total. The molecule has 2 amide bonds. The maximum atomic E-state index is 12.7. The van der Waals surface area contributed by atoms with E-state index in [0.717, 1.165) is 61.3 Å². The van der Waals surface area contributed by atoms with E-state index in [1.54, 1.807) is 0 Å². The molecule has 0 unspecified atom stereocenters. The molecule has 0 aliphatic carbocycles. The molecule has 0 radical (unpaired) electrons. The van der Waals surface area contributed by atoms with Crippen LogP contribution in [0.15, 0.2) is 42.5 Å². The Labute approximate surface area is 183 Å². The molecule has 0 atom stereocenters. The highest BCUT2D eigenvalue weighted by Gasteiger charge is 2.26. The summed E-state index contributed by atoms with van der Waals surface area (Å²) in [5, 5.41) is 6.76. The molecule has 3 rings (SSSR count). The van der Waals surface area contributed by atoms with E-state index < -0.39 is 0 Å². The molecule has 1 aliphatic heterocycles. The van der Waals surface area contributed by atoms with Crippen LogP contribution in [0, 0.1) is 5.92 Å². The summed E-state index contributed by atoms with van der Waals surface area (Å²) in [7, 11) is 0. The molecule has 30 heavy (non-hydrogen) atoms. The van der Waals surface area contributed by atoms with Crippen LogP contribution in [0.1, 0.15) is 37.8 Å². The Bertz CT molecular complexity index is 878. The van der Waals surface area contributed by atoms with E-state index in [4.69, 9.17) is 11.6 Å². The molecule has 0 bridgehead atoms. The van der Waals surface area contributed by atoms with Gasteiger partial charge in [0.2, 0.25) is 11.8 Å². The zero-order valence-electron chi connectivity index (χ0n) is 17.7. The molecule has 2 aromatic carbocycles. The minimum absolute atomic E-state index is 0.0177. The highest BCUT2D eigenvalue weighted by molar-refractivity contribution is 6.32. The van der Waals surface area contributed by atoms with E-state index >= 15 is 0 Å². The number of hydrogen-bond donors (Lipinski definition) is 2. The van der Waals surface area contributed by atoms with Crippen molar-refractivity contribution in [2.45, 2.75) is 39.5 Å². The van der Waals surface area contributed by atoms with Gasteiger partial charge in [-0.3, -0.25) is 14.5 Å². The maximum absolute atomic E-state index is 12.7. The van der Waals surface area contributed by atoms with E-state index in [1.165, 1.54) is 0 Å². The van der Waals surface area contributed by atoms with Gasteiger partial charge in [-0.05, 0) is 68.1 Å². The zero-order chi connectivity index (χ0) is 21.5. The Kier molecular flexibility index (Phi) is 7.88. The third kappa shape index (κ3) is 5.61. The van der Waals surface area contributed by atoms with E-state index in [-0.39, 0.29) is 17.7 Å². The van der Waals surface area contributed by atoms with Crippen molar-refractivity contribution >= 4 is 34.8 Å². The SMILES string of the molecule is CCc1ccc(Cl)c(CC)c1NC(=O)CN1CCC(C(=O)Nc2ccccc2)CC1. The predicted molar refractivity (Wildman–Crippen MR) is 123 cm³/mol. The Hall–Kier alpha value is -2.37. The van der Waals surface area contributed by atoms with Crippen LogP contribution in [0.25, 0.3) is 0 Å². The average molecular weight is 428 g/mol. The van der Waals surface area contributed by atoms with Crippen LogP contribution in [0.3, 0.4) is 0 Å². The van der Waals surface area contributed by atoms with Crippen molar-refractivity contribution in [2.75, 3.05) is 30.3 Å². The molecule has 1 fully saturated rings. The van der Waals surface area contributed by atoms with Gasteiger partial charge < -0.3 is 10.6 Å². The lowest BCUT2D eigenvalue weighted by Crippen LogP contribution is -2.42. The van der Waals surface area contributed by atoms with Gasteiger partial charge in [0.05, 0.1) is 6.54 Å². The highest BCUT2D eigenvalue weighted by atomic mass is 35.5.